The summed E-state index contributed by atoms with van der Waals surface area (Å²) in [5.74, 6) is 1.23. The maximum absolute atomic E-state index is 12.5. The highest BCUT2D eigenvalue weighted by molar-refractivity contribution is 5.74. The van der Waals surface area contributed by atoms with Gasteiger partial charge < -0.3 is 10.2 Å². The lowest BCUT2D eigenvalue weighted by Crippen LogP contribution is -2.44. The molecule has 2 aliphatic carbocycles. The van der Waals surface area contributed by atoms with Crippen LogP contribution in [0.25, 0.3) is 0 Å². The average Bonchev–Trinajstić information content (AvgIpc) is 3.03. The molecule has 120 valence electrons. The van der Waals surface area contributed by atoms with Crippen LogP contribution in [-0.4, -0.2) is 29.5 Å². The molecular weight excluding hydrogens is 274 g/mol. The van der Waals surface area contributed by atoms with Crippen LogP contribution in [0.5, 0.6) is 0 Å². The molecule has 0 aromatic carbocycles. The molecule has 0 bridgehead atoms. The second kappa shape index (κ2) is 7.12. The minimum Gasteiger partial charge on any atom is -0.329 e. The van der Waals surface area contributed by atoms with Crippen LogP contribution in [0.1, 0.15) is 56.7 Å². The number of carbonyl (C=O) groups is 1. The smallest absolute Gasteiger partial charge is 0.317 e. The molecule has 2 aliphatic rings. The lowest BCUT2D eigenvalue weighted by molar-refractivity contribution is 0.175. The van der Waals surface area contributed by atoms with Crippen LogP contribution in [0.3, 0.4) is 0 Å². The molecule has 0 radical (unpaired) electrons. The molecule has 1 unspecified atom stereocenters. The molecule has 3 rings (SSSR count). The Morgan fingerprint density at radius 2 is 2.05 bits per heavy atom. The molecule has 4 heteroatoms. The number of carbonyl (C=O) groups excluding carboxylic acids is 1. The Balaban J connectivity index is 1.65. The predicted octanol–water partition coefficient (Wildman–Crippen LogP) is 3.75. The zero-order valence-electron chi connectivity index (χ0n) is 13.5. The van der Waals surface area contributed by atoms with Gasteiger partial charge in [-0.05, 0) is 49.7 Å². The predicted molar refractivity (Wildman–Crippen MR) is 87.4 cm³/mol. The quantitative estimate of drug-likeness (QED) is 0.900. The molecule has 22 heavy (non-hydrogen) atoms. The van der Waals surface area contributed by atoms with E-state index in [1.165, 1.54) is 44.9 Å². The maximum atomic E-state index is 12.5. The van der Waals surface area contributed by atoms with Gasteiger partial charge in [-0.25, -0.2) is 4.79 Å². The number of hydrogen-bond acceptors (Lipinski definition) is 2. The number of pyridine rings is 1. The largest absolute Gasteiger partial charge is 0.329 e. The summed E-state index contributed by atoms with van der Waals surface area (Å²) in [5, 5.41) is 3.25. The summed E-state index contributed by atoms with van der Waals surface area (Å²) in [4.78, 5) is 18.9. The summed E-state index contributed by atoms with van der Waals surface area (Å²) in [5.41, 5.74) is 1.000. The molecule has 2 fully saturated rings. The van der Waals surface area contributed by atoms with Crippen LogP contribution < -0.4 is 5.32 Å². The van der Waals surface area contributed by atoms with E-state index < -0.39 is 0 Å². The number of nitrogens with one attached hydrogen (secondary N) is 1. The molecule has 1 heterocycles. The molecular formula is C18H27N3O. The Kier molecular flexibility index (Phi) is 4.96. The standard InChI is InChI=1S/C18H27N3O/c1-21(13-14-7-6-8-14)18(22)20-17(15-9-2-3-10-15)16-11-4-5-12-19-16/h4-5,11-12,14-15,17H,2-3,6-10,13H2,1H3,(H,20,22). The van der Waals surface area contributed by atoms with Gasteiger partial charge in [0.15, 0.2) is 0 Å². The van der Waals surface area contributed by atoms with E-state index in [0.717, 1.165) is 12.2 Å². The first-order valence-corrected chi connectivity index (χ1v) is 8.66. The third-order valence-electron chi connectivity index (χ3n) is 5.26. The molecule has 0 spiro atoms. The molecule has 1 aromatic heterocycles. The van der Waals surface area contributed by atoms with Crippen molar-refractivity contribution in [3.05, 3.63) is 30.1 Å². The van der Waals surface area contributed by atoms with Crippen molar-refractivity contribution in [1.82, 2.24) is 15.2 Å². The summed E-state index contributed by atoms with van der Waals surface area (Å²) in [6.07, 6.45) is 10.6. The van der Waals surface area contributed by atoms with Gasteiger partial charge in [0.1, 0.15) is 0 Å². The van der Waals surface area contributed by atoms with Gasteiger partial charge in [0, 0.05) is 19.8 Å². The lowest BCUT2D eigenvalue weighted by Gasteiger charge is -2.32. The summed E-state index contributed by atoms with van der Waals surface area (Å²) in [7, 11) is 1.91. The van der Waals surface area contributed by atoms with Crippen molar-refractivity contribution in [3.63, 3.8) is 0 Å². The molecule has 0 aliphatic heterocycles. The summed E-state index contributed by atoms with van der Waals surface area (Å²) in [6.45, 7) is 0.880. The van der Waals surface area contributed by atoms with Crippen molar-refractivity contribution < 1.29 is 4.79 Å². The Bertz CT molecular complexity index is 480. The third kappa shape index (κ3) is 3.60. The molecule has 4 nitrogen and oxygen atoms in total. The van der Waals surface area contributed by atoms with Crippen LogP contribution in [0, 0.1) is 11.8 Å². The molecule has 0 saturated heterocycles. The Labute approximate surface area is 133 Å². The zero-order valence-corrected chi connectivity index (χ0v) is 13.5. The van der Waals surface area contributed by atoms with Crippen LogP contribution in [0.15, 0.2) is 24.4 Å². The van der Waals surface area contributed by atoms with E-state index in [0.29, 0.717) is 11.8 Å². The van der Waals surface area contributed by atoms with Gasteiger partial charge in [-0.1, -0.05) is 25.3 Å². The van der Waals surface area contributed by atoms with Crippen LogP contribution in [0.2, 0.25) is 0 Å². The fraction of sp³-hybridized carbons (Fsp3) is 0.667. The van der Waals surface area contributed by atoms with Gasteiger partial charge in [-0.15, -0.1) is 0 Å². The SMILES string of the molecule is CN(CC1CCC1)C(=O)NC(c1ccccn1)C1CCCC1. The zero-order chi connectivity index (χ0) is 15.4. The highest BCUT2D eigenvalue weighted by Crippen LogP contribution is 2.35. The Morgan fingerprint density at radius 1 is 1.27 bits per heavy atom. The van der Waals surface area contributed by atoms with Crippen molar-refractivity contribution >= 4 is 6.03 Å². The molecule has 2 saturated carbocycles. The van der Waals surface area contributed by atoms with E-state index in [1.807, 2.05) is 36.3 Å². The number of aromatic nitrogens is 1. The Hall–Kier alpha value is -1.58. The van der Waals surface area contributed by atoms with Crippen molar-refractivity contribution in [2.24, 2.45) is 11.8 Å². The lowest BCUT2D eigenvalue weighted by atomic mass is 9.85. The fourth-order valence-corrected chi connectivity index (χ4v) is 3.67. The first-order chi connectivity index (χ1) is 10.7. The van der Waals surface area contributed by atoms with Crippen LogP contribution in [-0.2, 0) is 0 Å². The topological polar surface area (TPSA) is 45.2 Å². The fourth-order valence-electron chi connectivity index (χ4n) is 3.67. The van der Waals surface area contributed by atoms with Crippen molar-refractivity contribution in [2.75, 3.05) is 13.6 Å². The first-order valence-electron chi connectivity index (χ1n) is 8.66. The van der Waals surface area contributed by atoms with E-state index in [9.17, 15) is 4.79 Å². The number of rotatable bonds is 5. The van der Waals surface area contributed by atoms with Gasteiger partial charge in [-0.2, -0.15) is 0 Å². The maximum Gasteiger partial charge on any atom is 0.317 e. The number of nitrogens with zero attached hydrogens (tertiary/aromatic N) is 2. The first kappa shape index (κ1) is 15.3. The number of amides is 2. The molecule has 1 aromatic rings. The highest BCUT2D eigenvalue weighted by Gasteiger charge is 2.30. The summed E-state index contributed by atoms with van der Waals surface area (Å²) >= 11 is 0. The summed E-state index contributed by atoms with van der Waals surface area (Å²) < 4.78 is 0. The third-order valence-corrected chi connectivity index (χ3v) is 5.26. The second-order valence-corrected chi connectivity index (χ2v) is 6.90. The van der Waals surface area contributed by atoms with E-state index in [2.05, 4.69) is 10.3 Å². The van der Waals surface area contributed by atoms with Gasteiger partial charge >= 0.3 is 6.03 Å². The van der Waals surface area contributed by atoms with E-state index >= 15 is 0 Å². The van der Waals surface area contributed by atoms with Crippen LogP contribution in [0.4, 0.5) is 4.79 Å². The summed E-state index contributed by atoms with van der Waals surface area (Å²) in [6, 6.07) is 6.08. The van der Waals surface area contributed by atoms with Gasteiger partial charge in [0.25, 0.3) is 0 Å². The van der Waals surface area contributed by atoms with Crippen molar-refractivity contribution in [1.29, 1.82) is 0 Å². The van der Waals surface area contributed by atoms with Gasteiger partial charge in [-0.3, -0.25) is 4.98 Å². The van der Waals surface area contributed by atoms with Crippen molar-refractivity contribution in [3.8, 4) is 0 Å². The molecule has 1 N–H and O–H groups in total. The van der Waals surface area contributed by atoms with Crippen LogP contribution >= 0.6 is 0 Å². The Morgan fingerprint density at radius 3 is 2.64 bits per heavy atom. The number of hydrogen-bond donors (Lipinski definition) is 1. The molecule has 2 amide bonds. The van der Waals surface area contributed by atoms with E-state index in [4.69, 9.17) is 0 Å². The number of urea groups is 1. The minimum atomic E-state index is 0.0504. The molecule has 1 atom stereocenters. The monoisotopic (exact) mass is 301 g/mol. The second-order valence-electron chi connectivity index (χ2n) is 6.90. The van der Waals surface area contributed by atoms with Gasteiger partial charge in [0.2, 0.25) is 0 Å². The normalized spacial score (nSPS) is 20.4. The van der Waals surface area contributed by atoms with E-state index in [1.54, 1.807) is 0 Å². The van der Waals surface area contributed by atoms with Crippen molar-refractivity contribution in [2.45, 2.75) is 51.0 Å². The minimum absolute atomic E-state index is 0.0504. The average molecular weight is 301 g/mol. The van der Waals surface area contributed by atoms with Gasteiger partial charge in [0.05, 0.1) is 11.7 Å². The highest BCUT2D eigenvalue weighted by atomic mass is 16.2. The van der Waals surface area contributed by atoms with E-state index in [-0.39, 0.29) is 12.1 Å².